The number of carbonyl (C=O) groups is 2. The fourth-order valence-corrected chi connectivity index (χ4v) is 3.38. The largest absolute Gasteiger partial charge is 0.481 e. The van der Waals surface area contributed by atoms with Gasteiger partial charge in [-0.05, 0) is 12.8 Å². The topological polar surface area (TPSA) is 74.6 Å². The second-order valence-corrected chi connectivity index (χ2v) is 7.65. The second kappa shape index (κ2) is 20.3. The lowest BCUT2D eigenvalue weighted by Crippen LogP contribution is -1.93. The molecule has 0 aliphatic carbocycles. The Bertz CT molecular complexity index is 296. The fraction of sp³-hybridized carbons (Fsp3) is 0.909. The molecule has 2 N–H and O–H groups in total. The Morgan fingerprint density at radius 3 is 0.654 bits per heavy atom. The van der Waals surface area contributed by atoms with Gasteiger partial charge in [0.25, 0.3) is 0 Å². The van der Waals surface area contributed by atoms with Crippen molar-refractivity contribution in [2.24, 2.45) is 0 Å². The predicted molar refractivity (Wildman–Crippen MR) is 108 cm³/mol. The third-order valence-electron chi connectivity index (χ3n) is 5.03. The quantitative estimate of drug-likeness (QED) is 0.214. The molecule has 0 aromatic carbocycles. The smallest absolute Gasteiger partial charge is 0.303 e. The molecular formula is C22H42O4. The van der Waals surface area contributed by atoms with Crippen LogP contribution in [0.3, 0.4) is 0 Å². The van der Waals surface area contributed by atoms with Crippen molar-refractivity contribution >= 4 is 11.9 Å². The summed E-state index contributed by atoms with van der Waals surface area (Å²) in [6.45, 7) is 0. The Hall–Kier alpha value is -1.06. The summed E-state index contributed by atoms with van der Waals surface area (Å²) in [6, 6.07) is 0. The molecule has 0 unspecified atom stereocenters. The van der Waals surface area contributed by atoms with Crippen molar-refractivity contribution in [1.82, 2.24) is 0 Å². The van der Waals surface area contributed by atoms with Crippen molar-refractivity contribution < 1.29 is 19.8 Å². The van der Waals surface area contributed by atoms with Crippen molar-refractivity contribution in [2.75, 3.05) is 0 Å². The molecule has 154 valence electrons. The minimum absolute atomic E-state index is 0.326. The van der Waals surface area contributed by atoms with Gasteiger partial charge in [0.2, 0.25) is 0 Å². The van der Waals surface area contributed by atoms with Gasteiger partial charge in [-0.15, -0.1) is 0 Å². The van der Waals surface area contributed by atoms with Crippen molar-refractivity contribution in [3.05, 3.63) is 0 Å². The molecule has 0 amide bonds. The van der Waals surface area contributed by atoms with Crippen molar-refractivity contribution in [3.63, 3.8) is 0 Å². The van der Waals surface area contributed by atoms with E-state index < -0.39 is 11.9 Å². The maximum Gasteiger partial charge on any atom is 0.303 e. The van der Waals surface area contributed by atoms with Gasteiger partial charge in [0.1, 0.15) is 0 Å². The molecule has 0 fully saturated rings. The zero-order chi connectivity index (χ0) is 19.3. The van der Waals surface area contributed by atoms with Crippen LogP contribution >= 0.6 is 0 Å². The molecule has 0 saturated carbocycles. The SMILES string of the molecule is O=C(O)CCCCCCCCCCCCCCCCCCCCC(=O)O. The lowest BCUT2D eigenvalue weighted by atomic mass is 10.0. The van der Waals surface area contributed by atoms with E-state index in [9.17, 15) is 9.59 Å². The van der Waals surface area contributed by atoms with E-state index in [1.165, 1.54) is 89.9 Å². The summed E-state index contributed by atoms with van der Waals surface area (Å²) in [5.74, 6) is -1.34. The number of aliphatic carboxylic acids is 2. The van der Waals surface area contributed by atoms with Crippen LogP contribution in [0.1, 0.15) is 128 Å². The van der Waals surface area contributed by atoms with Crippen LogP contribution in [0, 0.1) is 0 Å². The number of hydrogen-bond donors (Lipinski definition) is 2. The molecule has 0 aliphatic heterocycles. The van der Waals surface area contributed by atoms with Crippen LogP contribution in [0.25, 0.3) is 0 Å². The normalized spacial score (nSPS) is 10.9. The maximum atomic E-state index is 10.4. The summed E-state index contributed by atoms with van der Waals surface area (Å²) in [7, 11) is 0. The number of rotatable bonds is 21. The highest BCUT2D eigenvalue weighted by molar-refractivity contribution is 5.66. The molecule has 0 rings (SSSR count). The van der Waals surface area contributed by atoms with E-state index in [4.69, 9.17) is 10.2 Å². The van der Waals surface area contributed by atoms with Crippen molar-refractivity contribution in [1.29, 1.82) is 0 Å². The molecule has 0 spiro atoms. The summed E-state index contributed by atoms with van der Waals surface area (Å²) < 4.78 is 0. The van der Waals surface area contributed by atoms with Crippen LogP contribution in [0.2, 0.25) is 0 Å². The third kappa shape index (κ3) is 22.9. The zero-order valence-corrected chi connectivity index (χ0v) is 16.9. The summed E-state index contributed by atoms with van der Waals surface area (Å²) >= 11 is 0. The molecule has 0 saturated heterocycles. The standard InChI is InChI=1S/C22H42O4/c23-21(24)19-17-15-13-11-9-7-5-3-1-2-4-6-8-10-12-14-16-18-20-22(25)26/h1-20H2,(H,23,24)(H,25,26). The van der Waals surface area contributed by atoms with E-state index >= 15 is 0 Å². The Morgan fingerprint density at radius 2 is 0.500 bits per heavy atom. The number of hydrogen-bond acceptors (Lipinski definition) is 2. The second-order valence-electron chi connectivity index (χ2n) is 7.65. The summed E-state index contributed by atoms with van der Waals surface area (Å²) in [5.41, 5.74) is 0. The van der Waals surface area contributed by atoms with Gasteiger partial charge in [0.05, 0.1) is 0 Å². The van der Waals surface area contributed by atoms with Crippen molar-refractivity contribution in [2.45, 2.75) is 128 Å². The molecular weight excluding hydrogens is 328 g/mol. The summed E-state index contributed by atoms with van der Waals surface area (Å²) in [5, 5.41) is 17.1. The molecule has 0 radical (unpaired) electrons. The first-order valence-electron chi connectivity index (χ1n) is 11.1. The molecule has 0 aromatic heterocycles. The minimum Gasteiger partial charge on any atom is -0.481 e. The molecule has 4 heteroatoms. The monoisotopic (exact) mass is 370 g/mol. The highest BCUT2D eigenvalue weighted by Crippen LogP contribution is 2.14. The molecule has 0 aliphatic rings. The van der Waals surface area contributed by atoms with Gasteiger partial charge < -0.3 is 10.2 Å². The van der Waals surface area contributed by atoms with Gasteiger partial charge in [0, 0.05) is 12.8 Å². The van der Waals surface area contributed by atoms with Crippen LogP contribution in [0.4, 0.5) is 0 Å². The number of carboxylic acids is 2. The minimum atomic E-state index is -0.669. The predicted octanol–water partition coefficient (Wildman–Crippen LogP) is 6.96. The zero-order valence-electron chi connectivity index (χ0n) is 16.9. The number of carboxylic acid groups (broad SMARTS) is 2. The third-order valence-corrected chi connectivity index (χ3v) is 5.03. The lowest BCUT2D eigenvalue weighted by molar-refractivity contribution is -0.138. The average molecular weight is 371 g/mol. The Kier molecular flexibility index (Phi) is 19.4. The molecule has 26 heavy (non-hydrogen) atoms. The molecule has 4 nitrogen and oxygen atoms in total. The van der Waals surface area contributed by atoms with E-state index in [0.29, 0.717) is 12.8 Å². The van der Waals surface area contributed by atoms with E-state index in [1.807, 2.05) is 0 Å². The van der Waals surface area contributed by atoms with E-state index in [-0.39, 0.29) is 0 Å². The Labute approximate surface area is 160 Å². The van der Waals surface area contributed by atoms with Gasteiger partial charge in [-0.3, -0.25) is 9.59 Å². The maximum absolute atomic E-state index is 10.4. The Morgan fingerprint density at radius 1 is 0.346 bits per heavy atom. The highest BCUT2D eigenvalue weighted by atomic mass is 16.4. The summed E-state index contributed by atoms with van der Waals surface area (Å²) in [4.78, 5) is 20.8. The van der Waals surface area contributed by atoms with Crippen LogP contribution in [-0.4, -0.2) is 22.2 Å². The highest BCUT2D eigenvalue weighted by Gasteiger charge is 1.98. The van der Waals surface area contributed by atoms with E-state index in [0.717, 1.165) is 25.7 Å². The first-order chi connectivity index (χ1) is 12.6. The fourth-order valence-electron chi connectivity index (χ4n) is 3.38. The average Bonchev–Trinajstić information content (AvgIpc) is 2.59. The van der Waals surface area contributed by atoms with Crippen LogP contribution in [-0.2, 0) is 9.59 Å². The van der Waals surface area contributed by atoms with Gasteiger partial charge in [-0.1, -0.05) is 103 Å². The molecule has 0 heterocycles. The summed E-state index contributed by atoms with van der Waals surface area (Å²) in [6.07, 6.45) is 22.8. The molecule has 0 atom stereocenters. The van der Waals surface area contributed by atoms with Crippen molar-refractivity contribution in [3.8, 4) is 0 Å². The van der Waals surface area contributed by atoms with Gasteiger partial charge in [-0.2, -0.15) is 0 Å². The van der Waals surface area contributed by atoms with E-state index in [2.05, 4.69) is 0 Å². The van der Waals surface area contributed by atoms with Gasteiger partial charge >= 0.3 is 11.9 Å². The molecule has 0 aromatic rings. The van der Waals surface area contributed by atoms with Crippen LogP contribution in [0.5, 0.6) is 0 Å². The van der Waals surface area contributed by atoms with Gasteiger partial charge in [0.15, 0.2) is 0 Å². The Balaban J connectivity index is 3.01. The van der Waals surface area contributed by atoms with E-state index in [1.54, 1.807) is 0 Å². The number of unbranched alkanes of at least 4 members (excludes halogenated alkanes) is 17. The molecule has 0 bridgehead atoms. The van der Waals surface area contributed by atoms with Crippen LogP contribution < -0.4 is 0 Å². The van der Waals surface area contributed by atoms with Gasteiger partial charge in [-0.25, -0.2) is 0 Å². The lowest BCUT2D eigenvalue weighted by Gasteiger charge is -2.03. The first kappa shape index (κ1) is 24.9. The first-order valence-corrected chi connectivity index (χ1v) is 11.1. The van der Waals surface area contributed by atoms with Crippen LogP contribution in [0.15, 0.2) is 0 Å².